The van der Waals surface area contributed by atoms with E-state index in [9.17, 15) is 14.4 Å². The van der Waals surface area contributed by atoms with E-state index >= 15 is 0 Å². The summed E-state index contributed by atoms with van der Waals surface area (Å²) < 4.78 is 10.3. The van der Waals surface area contributed by atoms with Gasteiger partial charge in [-0.25, -0.2) is 4.79 Å². The van der Waals surface area contributed by atoms with Crippen molar-refractivity contribution in [3.8, 4) is 11.5 Å². The van der Waals surface area contributed by atoms with Crippen LogP contribution in [0, 0.1) is 5.92 Å². The Kier molecular flexibility index (Phi) is 6.37. The van der Waals surface area contributed by atoms with E-state index in [0.29, 0.717) is 0 Å². The van der Waals surface area contributed by atoms with E-state index in [1.54, 1.807) is 13.8 Å². The number of nitrogens with two attached hydrogens (primary N) is 1. The molecule has 0 aliphatic rings. The van der Waals surface area contributed by atoms with Crippen LogP contribution in [0.5, 0.6) is 11.5 Å². The van der Waals surface area contributed by atoms with Gasteiger partial charge in [-0.1, -0.05) is 13.8 Å². The van der Waals surface area contributed by atoms with Gasteiger partial charge in [0.05, 0.1) is 7.11 Å². The molecule has 1 rings (SSSR count). The second kappa shape index (κ2) is 8.02. The van der Waals surface area contributed by atoms with Crippen LogP contribution in [-0.4, -0.2) is 42.6 Å². The van der Waals surface area contributed by atoms with E-state index < -0.39 is 23.8 Å². The highest BCUT2D eigenvalue weighted by Crippen LogP contribution is 2.28. The van der Waals surface area contributed by atoms with Crippen molar-refractivity contribution in [2.24, 2.45) is 11.7 Å². The van der Waals surface area contributed by atoms with Gasteiger partial charge in [0, 0.05) is 5.56 Å². The van der Waals surface area contributed by atoms with E-state index in [-0.39, 0.29) is 29.6 Å². The molecular weight excluding hydrogens is 304 g/mol. The molecule has 0 unspecified atom stereocenters. The van der Waals surface area contributed by atoms with Gasteiger partial charge in [-0.05, 0) is 24.1 Å². The van der Waals surface area contributed by atoms with Crippen molar-refractivity contribution >= 4 is 17.8 Å². The third-order valence-electron chi connectivity index (χ3n) is 3.02. The lowest BCUT2D eigenvalue weighted by atomic mass is 10.0. The smallest absolute Gasteiger partial charge is 0.326 e. The molecule has 23 heavy (non-hydrogen) atoms. The van der Waals surface area contributed by atoms with Crippen molar-refractivity contribution in [2.45, 2.75) is 19.9 Å². The van der Waals surface area contributed by atoms with Crippen molar-refractivity contribution < 1.29 is 29.0 Å². The molecule has 0 aliphatic heterocycles. The lowest BCUT2D eigenvalue weighted by Crippen LogP contribution is -2.44. The van der Waals surface area contributed by atoms with Crippen LogP contribution < -0.4 is 20.5 Å². The maximum atomic E-state index is 12.2. The van der Waals surface area contributed by atoms with Gasteiger partial charge in [-0.3, -0.25) is 9.59 Å². The number of aliphatic carboxylic acids is 1. The molecule has 1 atom stereocenters. The van der Waals surface area contributed by atoms with E-state index in [1.165, 1.54) is 25.3 Å². The Labute approximate surface area is 133 Å². The molecule has 0 fully saturated rings. The average Bonchev–Trinajstić information content (AvgIpc) is 2.49. The second-order valence-electron chi connectivity index (χ2n) is 5.15. The molecule has 0 heterocycles. The first-order valence-electron chi connectivity index (χ1n) is 6.89. The number of ether oxygens (including phenoxy) is 2. The number of carboxylic acids is 1. The molecule has 0 spiro atoms. The molecular formula is C15H20N2O6. The van der Waals surface area contributed by atoms with Gasteiger partial charge in [0.25, 0.3) is 11.8 Å². The normalized spacial score (nSPS) is 11.7. The SMILES string of the molecule is COc1cc(C(=O)N[C@@H](C(=O)O)C(C)C)ccc1OCC(N)=O. The van der Waals surface area contributed by atoms with Gasteiger partial charge in [0.2, 0.25) is 0 Å². The summed E-state index contributed by atoms with van der Waals surface area (Å²) in [5, 5.41) is 11.5. The predicted molar refractivity (Wildman–Crippen MR) is 81.4 cm³/mol. The van der Waals surface area contributed by atoms with Crippen molar-refractivity contribution in [1.29, 1.82) is 0 Å². The summed E-state index contributed by atoms with van der Waals surface area (Å²) in [4.78, 5) is 34.0. The molecule has 0 aliphatic carbocycles. The maximum absolute atomic E-state index is 12.2. The Balaban J connectivity index is 2.93. The summed E-state index contributed by atoms with van der Waals surface area (Å²) in [6.45, 7) is 3.07. The van der Waals surface area contributed by atoms with Crippen LogP contribution in [0.4, 0.5) is 0 Å². The fourth-order valence-corrected chi connectivity index (χ4v) is 1.82. The number of benzene rings is 1. The van der Waals surface area contributed by atoms with Crippen molar-refractivity contribution in [1.82, 2.24) is 5.32 Å². The third-order valence-corrected chi connectivity index (χ3v) is 3.02. The fraction of sp³-hybridized carbons (Fsp3) is 0.400. The Morgan fingerprint density at radius 3 is 2.39 bits per heavy atom. The van der Waals surface area contributed by atoms with Gasteiger partial charge < -0.3 is 25.6 Å². The molecule has 0 saturated heterocycles. The van der Waals surface area contributed by atoms with Gasteiger partial charge in [-0.2, -0.15) is 0 Å². The standard InChI is InChI=1S/C15H20N2O6/c1-8(2)13(15(20)21)17-14(19)9-4-5-10(11(6-9)22-3)23-7-12(16)18/h4-6,8,13H,7H2,1-3H3,(H2,16,18)(H,17,19)(H,20,21)/t13-/m1/s1. The molecule has 0 aromatic heterocycles. The molecule has 0 bridgehead atoms. The topological polar surface area (TPSA) is 128 Å². The summed E-state index contributed by atoms with van der Waals surface area (Å²) in [5.41, 5.74) is 5.21. The van der Waals surface area contributed by atoms with Crippen LogP contribution in [0.1, 0.15) is 24.2 Å². The Morgan fingerprint density at radius 2 is 1.91 bits per heavy atom. The number of carboxylic acid groups (broad SMARTS) is 1. The number of methoxy groups -OCH3 is 1. The zero-order valence-electron chi connectivity index (χ0n) is 13.2. The summed E-state index contributed by atoms with van der Waals surface area (Å²) in [6.07, 6.45) is 0. The van der Waals surface area contributed by atoms with Crippen molar-refractivity contribution in [3.63, 3.8) is 0 Å². The first-order valence-corrected chi connectivity index (χ1v) is 6.89. The summed E-state index contributed by atoms with van der Waals surface area (Å²) >= 11 is 0. The van der Waals surface area contributed by atoms with E-state index in [2.05, 4.69) is 5.32 Å². The molecule has 4 N–H and O–H groups in total. The van der Waals surface area contributed by atoms with Crippen molar-refractivity contribution in [3.05, 3.63) is 23.8 Å². The zero-order valence-corrected chi connectivity index (χ0v) is 13.2. The maximum Gasteiger partial charge on any atom is 0.326 e. The molecule has 2 amide bonds. The number of rotatable bonds is 8. The van der Waals surface area contributed by atoms with Crippen LogP contribution >= 0.6 is 0 Å². The minimum Gasteiger partial charge on any atom is -0.493 e. The molecule has 1 aromatic rings. The lowest BCUT2D eigenvalue weighted by molar-refractivity contribution is -0.140. The number of carbonyl (C=O) groups is 3. The molecule has 0 saturated carbocycles. The minimum atomic E-state index is -1.11. The fourth-order valence-electron chi connectivity index (χ4n) is 1.82. The second-order valence-corrected chi connectivity index (χ2v) is 5.15. The Morgan fingerprint density at radius 1 is 1.26 bits per heavy atom. The van der Waals surface area contributed by atoms with Gasteiger partial charge in [0.1, 0.15) is 6.04 Å². The zero-order chi connectivity index (χ0) is 17.6. The van der Waals surface area contributed by atoms with E-state index in [1.807, 2.05) is 0 Å². The molecule has 8 nitrogen and oxygen atoms in total. The summed E-state index contributed by atoms with van der Waals surface area (Å²) in [7, 11) is 1.38. The Hall–Kier alpha value is -2.77. The average molecular weight is 324 g/mol. The lowest BCUT2D eigenvalue weighted by Gasteiger charge is -2.18. The highest BCUT2D eigenvalue weighted by molar-refractivity contribution is 5.97. The summed E-state index contributed by atoms with van der Waals surface area (Å²) in [6, 6.07) is 3.28. The highest BCUT2D eigenvalue weighted by Gasteiger charge is 2.24. The first kappa shape index (κ1) is 18.3. The molecule has 126 valence electrons. The van der Waals surface area contributed by atoms with Crippen LogP contribution in [0.25, 0.3) is 0 Å². The predicted octanol–water partition coefficient (Wildman–Crippen LogP) is 0.398. The van der Waals surface area contributed by atoms with Crippen LogP contribution in [0.2, 0.25) is 0 Å². The Bertz CT molecular complexity index is 600. The number of amides is 2. The third kappa shape index (κ3) is 5.17. The monoisotopic (exact) mass is 324 g/mol. The van der Waals surface area contributed by atoms with E-state index in [4.69, 9.17) is 20.3 Å². The van der Waals surface area contributed by atoms with Crippen LogP contribution in [0.15, 0.2) is 18.2 Å². The van der Waals surface area contributed by atoms with Crippen LogP contribution in [0.3, 0.4) is 0 Å². The number of nitrogens with one attached hydrogen (secondary N) is 1. The van der Waals surface area contributed by atoms with Crippen LogP contribution in [-0.2, 0) is 9.59 Å². The van der Waals surface area contributed by atoms with Gasteiger partial charge in [0.15, 0.2) is 18.1 Å². The number of hydrogen-bond donors (Lipinski definition) is 3. The number of hydrogen-bond acceptors (Lipinski definition) is 5. The largest absolute Gasteiger partial charge is 0.493 e. The molecule has 0 radical (unpaired) electrons. The van der Waals surface area contributed by atoms with Gasteiger partial charge >= 0.3 is 5.97 Å². The quantitative estimate of drug-likeness (QED) is 0.635. The van der Waals surface area contributed by atoms with Crippen molar-refractivity contribution in [2.75, 3.05) is 13.7 Å². The number of carbonyl (C=O) groups excluding carboxylic acids is 2. The summed E-state index contributed by atoms with van der Waals surface area (Å²) in [5.74, 6) is -2.09. The molecule has 1 aromatic carbocycles. The highest BCUT2D eigenvalue weighted by atomic mass is 16.5. The minimum absolute atomic E-state index is 0.208. The molecule has 8 heteroatoms. The van der Waals surface area contributed by atoms with Gasteiger partial charge in [-0.15, -0.1) is 0 Å². The van der Waals surface area contributed by atoms with E-state index in [0.717, 1.165) is 0 Å². The number of primary amides is 1. The first-order chi connectivity index (χ1) is 10.8.